The molecule has 4 rings (SSSR count). The summed E-state index contributed by atoms with van der Waals surface area (Å²) >= 11 is 0. The molecule has 0 saturated heterocycles. The van der Waals surface area contributed by atoms with Gasteiger partial charge < -0.3 is 19.3 Å². The molecule has 3 aromatic carbocycles. The monoisotopic (exact) mass is 448 g/mol. The number of hydrogen-bond donors (Lipinski definition) is 2. The summed E-state index contributed by atoms with van der Waals surface area (Å²) in [6.07, 6.45) is 0.0589. The van der Waals surface area contributed by atoms with Crippen LogP contribution in [0.15, 0.2) is 60.7 Å². The molecule has 2 N–H and O–H groups in total. The second kappa shape index (κ2) is 9.12. The summed E-state index contributed by atoms with van der Waals surface area (Å²) in [4.78, 5) is 26.2. The fourth-order valence-electron chi connectivity index (χ4n) is 3.95. The van der Waals surface area contributed by atoms with Gasteiger partial charge in [0.15, 0.2) is 11.5 Å². The lowest BCUT2D eigenvalue weighted by Gasteiger charge is -2.37. The fourth-order valence-corrected chi connectivity index (χ4v) is 3.95. The number of benzene rings is 3. The quantitative estimate of drug-likeness (QED) is 0.601. The molecule has 0 spiro atoms. The Hall–Kier alpha value is -4.20. The van der Waals surface area contributed by atoms with E-state index in [9.17, 15) is 14.7 Å². The summed E-state index contributed by atoms with van der Waals surface area (Å²) in [6, 6.07) is 16.4. The summed E-state index contributed by atoms with van der Waals surface area (Å²) in [5, 5.41) is 11.4. The van der Waals surface area contributed by atoms with Gasteiger partial charge in [-0.15, -0.1) is 0 Å². The maximum atomic E-state index is 13.2. The van der Waals surface area contributed by atoms with Crippen LogP contribution in [0.25, 0.3) is 0 Å². The predicted molar refractivity (Wildman–Crippen MR) is 121 cm³/mol. The normalized spacial score (nSPS) is 14.9. The summed E-state index contributed by atoms with van der Waals surface area (Å²) < 4.78 is 16.2. The van der Waals surface area contributed by atoms with Crippen LogP contribution in [0.3, 0.4) is 0 Å². The third-order valence-corrected chi connectivity index (χ3v) is 5.61. The van der Waals surface area contributed by atoms with Crippen molar-refractivity contribution in [2.45, 2.75) is 12.5 Å². The van der Waals surface area contributed by atoms with Crippen molar-refractivity contribution < 1.29 is 28.9 Å². The summed E-state index contributed by atoms with van der Waals surface area (Å²) in [6.45, 7) is 0. The number of aromatic hydroxyl groups is 1. The van der Waals surface area contributed by atoms with Crippen LogP contribution in [0.2, 0.25) is 0 Å². The van der Waals surface area contributed by atoms with Crippen molar-refractivity contribution in [3.8, 4) is 23.0 Å². The van der Waals surface area contributed by atoms with Gasteiger partial charge >= 0.3 is 0 Å². The second-order valence-electron chi connectivity index (χ2n) is 7.48. The highest BCUT2D eigenvalue weighted by molar-refractivity contribution is 5.98. The number of phenols is 1. The lowest BCUT2D eigenvalue weighted by Crippen LogP contribution is -2.51. The molecule has 170 valence electrons. The molecular weight excluding hydrogens is 424 g/mol. The number of phenolic OH excluding ortho intramolecular Hbond substituents is 1. The number of methoxy groups -OCH3 is 3. The second-order valence-corrected chi connectivity index (χ2v) is 7.48. The van der Waals surface area contributed by atoms with Gasteiger partial charge in [-0.3, -0.25) is 15.0 Å². The van der Waals surface area contributed by atoms with E-state index in [1.54, 1.807) is 44.6 Å². The number of nitrogens with zero attached hydrogens (tertiary/aromatic N) is 1. The Bertz CT molecular complexity index is 1190. The summed E-state index contributed by atoms with van der Waals surface area (Å²) in [5.74, 6) is 0.619. The first-order valence-corrected chi connectivity index (χ1v) is 10.3. The van der Waals surface area contributed by atoms with E-state index in [1.807, 2.05) is 18.2 Å². The Morgan fingerprint density at radius 1 is 0.970 bits per heavy atom. The fraction of sp³-hybridized carbons (Fsp3) is 0.200. The van der Waals surface area contributed by atoms with E-state index in [2.05, 4.69) is 5.43 Å². The van der Waals surface area contributed by atoms with E-state index in [1.165, 1.54) is 24.3 Å². The first-order chi connectivity index (χ1) is 16.0. The zero-order valence-electron chi connectivity index (χ0n) is 18.5. The van der Waals surface area contributed by atoms with Crippen LogP contribution < -0.4 is 19.6 Å². The Labute approximate surface area is 191 Å². The maximum Gasteiger partial charge on any atom is 0.273 e. The molecule has 1 aliphatic rings. The standard InChI is InChI=1S/C25H24N2O6/c1-31-17-10-8-15(9-11-17)24-19-14-22(33-3)21(32-2)12-16(19)13-23(29)27(24)26-25(30)18-6-4-5-7-20(18)28/h4-12,14,24,28H,13H2,1-3H3,(H,26,30). The third kappa shape index (κ3) is 4.15. The van der Waals surface area contributed by atoms with Crippen LogP contribution in [0.4, 0.5) is 0 Å². The molecule has 0 aromatic heterocycles. The Morgan fingerprint density at radius 3 is 2.27 bits per heavy atom. The molecule has 1 heterocycles. The molecule has 0 bridgehead atoms. The van der Waals surface area contributed by atoms with Crippen molar-refractivity contribution in [1.29, 1.82) is 0 Å². The summed E-state index contributed by atoms with van der Waals surface area (Å²) in [5.41, 5.74) is 5.07. The maximum absolute atomic E-state index is 13.2. The van der Waals surface area contributed by atoms with E-state index in [-0.39, 0.29) is 23.6 Å². The first kappa shape index (κ1) is 22.0. The van der Waals surface area contributed by atoms with Crippen LogP contribution in [0.5, 0.6) is 23.0 Å². The number of rotatable bonds is 6. The van der Waals surface area contributed by atoms with Crippen molar-refractivity contribution in [3.05, 3.63) is 82.9 Å². The predicted octanol–water partition coefficient (Wildman–Crippen LogP) is 3.24. The van der Waals surface area contributed by atoms with Gasteiger partial charge in [-0.05, 0) is 53.1 Å². The van der Waals surface area contributed by atoms with Gasteiger partial charge in [-0.25, -0.2) is 5.01 Å². The van der Waals surface area contributed by atoms with E-state index in [4.69, 9.17) is 14.2 Å². The summed E-state index contributed by atoms with van der Waals surface area (Å²) in [7, 11) is 4.65. The SMILES string of the molecule is COc1ccc(C2c3cc(OC)c(OC)cc3CC(=O)N2NC(=O)c2ccccc2O)cc1. The van der Waals surface area contributed by atoms with Crippen molar-refractivity contribution in [1.82, 2.24) is 10.4 Å². The van der Waals surface area contributed by atoms with Crippen LogP contribution in [-0.2, 0) is 11.2 Å². The molecular formula is C25H24N2O6. The topological polar surface area (TPSA) is 97.3 Å². The van der Waals surface area contributed by atoms with E-state index < -0.39 is 11.9 Å². The number of nitrogens with one attached hydrogen (secondary N) is 1. The highest BCUT2D eigenvalue weighted by atomic mass is 16.5. The van der Waals surface area contributed by atoms with Gasteiger partial charge in [0, 0.05) is 0 Å². The van der Waals surface area contributed by atoms with E-state index in [0.717, 1.165) is 16.7 Å². The van der Waals surface area contributed by atoms with Gasteiger partial charge in [0.1, 0.15) is 17.5 Å². The molecule has 0 aliphatic carbocycles. The molecule has 8 heteroatoms. The molecule has 2 amide bonds. The van der Waals surface area contributed by atoms with Crippen molar-refractivity contribution >= 4 is 11.8 Å². The molecule has 0 fully saturated rings. The number of para-hydroxylation sites is 1. The molecule has 1 atom stereocenters. The van der Waals surface area contributed by atoms with Crippen molar-refractivity contribution in [2.24, 2.45) is 0 Å². The number of hydrazine groups is 1. The number of ether oxygens (including phenoxy) is 3. The van der Waals surface area contributed by atoms with E-state index in [0.29, 0.717) is 17.2 Å². The molecule has 1 aliphatic heterocycles. The van der Waals surface area contributed by atoms with Crippen LogP contribution in [0, 0.1) is 0 Å². The highest BCUT2D eigenvalue weighted by Crippen LogP contribution is 2.41. The minimum absolute atomic E-state index is 0.0589. The number of hydrogen-bond acceptors (Lipinski definition) is 6. The minimum Gasteiger partial charge on any atom is -0.507 e. The average molecular weight is 448 g/mol. The smallest absolute Gasteiger partial charge is 0.273 e. The average Bonchev–Trinajstić information content (AvgIpc) is 2.84. The Morgan fingerprint density at radius 2 is 1.64 bits per heavy atom. The van der Waals surface area contributed by atoms with Gasteiger partial charge in [0.05, 0.1) is 33.3 Å². The zero-order valence-corrected chi connectivity index (χ0v) is 18.5. The molecule has 33 heavy (non-hydrogen) atoms. The number of carbonyl (C=O) groups is 2. The largest absolute Gasteiger partial charge is 0.507 e. The van der Waals surface area contributed by atoms with Crippen molar-refractivity contribution in [3.63, 3.8) is 0 Å². The number of amides is 2. The minimum atomic E-state index is -0.637. The van der Waals surface area contributed by atoms with Gasteiger partial charge in [-0.2, -0.15) is 0 Å². The lowest BCUT2D eigenvalue weighted by atomic mass is 9.88. The van der Waals surface area contributed by atoms with E-state index >= 15 is 0 Å². The van der Waals surface area contributed by atoms with Gasteiger partial charge in [-0.1, -0.05) is 24.3 Å². The van der Waals surface area contributed by atoms with Gasteiger partial charge in [0.25, 0.3) is 5.91 Å². The highest BCUT2D eigenvalue weighted by Gasteiger charge is 2.36. The third-order valence-electron chi connectivity index (χ3n) is 5.61. The number of fused-ring (bicyclic) bond motifs is 1. The molecule has 3 aromatic rings. The lowest BCUT2D eigenvalue weighted by molar-refractivity contribution is -0.136. The Kier molecular flexibility index (Phi) is 6.08. The Balaban J connectivity index is 1.81. The zero-order chi connectivity index (χ0) is 23.5. The molecule has 0 radical (unpaired) electrons. The number of carbonyl (C=O) groups excluding carboxylic acids is 2. The van der Waals surface area contributed by atoms with Crippen LogP contribution in [0.1, 0.15) is 33.1 Å². The van der Waals surface area contributed by atoms with Crippen LogP contribution >= 0.6 is 0 Å². The first-order valence-electron chi connectivity index (χ1n) is 10.3. The van der Waals surface area contributed by atoms with Gasteiger partial charge in [0.2, 0.25) is 5.91 Å². The van der Waals surface area contributed by atoms with Crippen LogP contribution in [-0.4, -0.2) is 43.3 Å². The molecule has 8 nitrogen and oxygen atoms in total. The van der Waals surface area contributed by atoms with Crippen molar-refractivity contribution in [2.75, 3.05) is 21.3 Å². The molecule has 1 unspecified atom stereocenters. The molecule has 0 saturated carbocycles.